The number of likely N-dealkylation sites (tertiary alicyclic amines) is 1. The van der Waals surface area contributed by atoms with E-state index in [-0.39, 0.29) is 23.3 Å². The molecule has 1 atom stereocenters. The van der Waals surface area contributed by atoms with Gasteiger partial charge in [-0.2, -0.15) is 0 Å². The third-order valence-electron chi connectivity index (χ3n) is 8.53. The van der Waals surface area contributed by atoms with Gasteiger partial charge in [-0.15, -0.1) is 0 Å². The molecule has 1 aromatic heterocycles. The molecule has 3 heterocycles. The average Bonchev–Trinajstić information content (AvgIpc) is 3.54. The molecule has 2 fully saturated rings. The van der Waals surface area contributed by atoms with Crippen LogP contribution in [0.25, 0.3) is 0 Å². The van der Waals surface area contributed by atoms with Gasteiger partial charge in [0.2, 0.25) is 0 Å². The van der Waals surface area contributed by atoms with E-state index in [0.717, 1.165) is 63.8 Å². The molecule has 196 valence electrons. The fraction of sp³-hybridized carbons (Fsp3) is 0.367. The van der Waals surface area contributed by atoms with Crippen molar-refractivity contribution in [2.45, 2.75) is 38.1 Å². The lowest BCUT2D eigenvalue weighted by atomic mass is 9.77. The highest BCUT2D eigenvalue weighted by Crippen LogP contribution is 2.42. The summed E-state index contributed by atoms with van der Waals surface area (Å²) in [6, 6.07) is 14.8. The molecule has 3 aromatic rings. The smallest absolute Gasteiger partial charge is 0.253 e. The number of halogens is 2. The highest BCUT2D eigenvalue weighted by atomic mass is 35.5. The first-order chi connectivity index (χ1) is 18.4. The van der Waals surface area contributed by atoms with E-state index in [1.165, 1.54) is 11.3 Å². The summed E-state index contributed by atoms with van der Waals surface area (Å²) < 4.78 is 0. The second kappa shape index (κ2) is 10.2. The Kier molecular flexibility index (Phi) is 6.79. The number of pyridine rings is 1. The minimum atomic E-state index is -0.259. The van der Waals surface area contributed by atoms with Gasteiger partial charge in [-0.05, 0) is 91.1 Å². The van der Waals surface area contributed by atoms with Crippen molar-refractivity contribution in [1.29, 1.82) is 0 Å². The molecule has 1 N–H and O–H groups in total. The summed E-state index contributed by atoms with van der Waals surface area (Å²) in [5.74, 6) is -0.188. The first-order valence-electron chi connectivity index (χ1n) is 13.2. The van der Waals surface area contributed by atoms with Crippen molar-refractivity contribution in [3.8, 4) is 0 Å². The number of carbonyl (C=O) groups excluding carboxylic acids is 2. The van der Waals surface area contributed by atoms with Crippen molar-refractivity contribution < 1.29 is 9.59 Å². The van der Waals surface area contributed by atoms with E-state index >= 15 is 0 Å². The van der Waals surface area contributed by atoms with Crippen LogP contribution in [0.15, 0.2) is 60.9 Å². The van der Waals surface area contributed by atoms with Crippen LogP contribution in [-0.4, -0.2) is 47.9 Å². The zero-order valence-electron chi connectivity index (χ0n) is 21.1. The molecular formula is C30H30Cl2N4O2. The highest BCUT2D eigenvalue weighted by Gasteiger charge is 2.41. The summed E-state index contributed by atoms with van der Waals surface area (Å²) in [6.07, 6.45) is 8.54. The Hall–Kier alpha value is -3.09. The van der Waals surface area contributed by atoms with Gasteiger partial charge < -0.3 is 15.1 Å². The lowest BCUT2D eigenvalue weighted by Crippen LogP contribution is -2.44. The van der Waals surface area contributed by atoms with E-state index in [9.17, 15) is 9.59 Å². The second-order valence-corrected chi connectivity index (χ2v) is 11.6. The number of amides is 2. The Morgan fingerprint density at radius 1 is 0.947 bits per heavy atom. The Morgan fingerprint density at radius 2 is 1.71 bits per heavy atom. The maximum Gasteiger partial charge on any atom is 0.253 e. The quantitative estimate of drug-likeness (QED) is 0.438. The average molecular weight is 550 g/mol. The Morgan fingerprint density at radius 3 is 2.50 bits per heavy atom. The maximum atomic E-state index is 13.5. The maximum absolute atomic E-state index is 13.5. The van der Waals surface area contributed by atoms with Crippen LogP contribution < -0.4 is 10.2 Å². The zero-order valence-corrected chi connectivity index (χ0v) is 22.6. The molecule has 38 heavy (non-hydrogen) atoms. The predicted octanol–water partition coefficient (Wildman–Crippen LogP) is 5.94. The number of nitrogens with one attached hydrogen (secondary N) is 1. The van der Waals surface area contributed by atoms with E-state index in [4.69, 9.17) is 23.2 Å². The number of fused-ring (bicyclic) bond motifs is 1. The van der Waals surface area contributed by atoms with Gasteiger partial charge in [0.15, 0.2) is 0 Å². The number of rotatable bonds is 4. The van der Waals surface area contributed by atoms with E-state index in [2.05, 4.69) is 27.3 Å². The zero-order chi connectivity index (χ0) is 26.3. The van der Waals surface area contributed by atoms with E-state index < -0.39 is 0 Å². The van der Waals surface area contributed by atoms with Gasteiger partial charge in [0.1, 0.15) is 0 Å². The summed E-state index contributed by atoms with van der Waals surface area (Å²) in [4.78, 5) is 35.0. The fourth-order valence-electron chi connectivity index (χ4n) is 6.28. The molecular weight excluding hydrogens is 519 g/mol. The summed E-state index contributed by atoms with van der Waals surface area (Å²) >= 11 is 12.3. The van der Waals surface area contributed by atoms with Crippen molar-refractivity contribution in [3.05, 3.63) is 93.2 Å². The number of hydrogen-bond donors (Lipinski definition) is 1. The standard InChI is InChI=1S/C30H30Cl2N4O2/c31-22-4-5-26(32)25(18-22)28(37)34-27-6-3-20-1-2-21(17-24(20)27)29(38)35-14-9-30(10-15-35)11-16-36(19-30)23-7-12-33-13-8-23/h1-2,4-5,7-8,12-13,17-18,27H,3,6,9-11,14-16,19H2,(H,34,37). The summed E-state index contributed by atoms with van der Waals surface area (Å²) in [7, 11) is 0. The lowest BCUT2D eigenvalue weighted by Gasteiger charge is -2.39. The lowest BCUT2D eigenvalue weighted by molar-refractivity contribution is 0.0610. The Balaban J connectivity index is 1.11. The molecule has 6 nitrogen and oxygen atoms in total. The van der Waals surface area contributed by atoms with Crippen LogP contribution >= 0.6 is 23.2 Å². The molecule has 0 radical (unpaired) electrons. The van der Waals surface area contributed by atoms with Gasteiger partial charge in [-0.1, -0.05) is 29.3 Å². The van der Waals surface area contributed by atoms with E-state index in [1.54, 1.807) is 18.2 Å². The Labute approximate surface area is 232 Å². The molecule has 2 aliphatic heterocycles. The van der Waals surface area contributed by atoms with Crippen LogP contribution in [0.4, 0.5) is 5.69 Å². The number of hydrogen-bond acceptors (Lipinski definition) is 4. The molecule has 1 aliphatic carbocycles. The molecule has 0 bridgehead atoms. The molecule has 2 saturated heterocycles. The SMILES string of the molecule is O=C(NC1CCc2ccc(C(=O)N3CCC4(CC3)CCN(c3ccncc3)C4)cc21)c1cc(Cl)ccc1Cl. The molecule has 3 aliphatic rings. The van der Waals surface area contributed by atoms with E-state index in [1.807, 2.05) is 35.5 Å². The predicted molar refractivity (Wildman–Crippen MR) is 150 cm³/mol. The minimum absolute atomic E-state index is 0.0708. The molecule has 8 heteroatoms. The topological polar surface area (TPSA) is 65.5 Å². The third kappa shape index (κ3) is 4.87. The number of benzene rings is 2. The Bertz CT molecular complexity index is 1370. The summed E-state index contributed by atoms with van der Waals surface area (Å²) in [5.41, 5.74) is 4.73. The molecule has 1 unspecified atom stereocenters. The number of aryl methyl sites for hydroxylation is 1. The second-order valence-electron chi connectivity index (χ2n) is 10.8. The van der Waals surface area contributed by atoms with Gasteiger partial charge in [0, 0.05) is 54.8 Å². The summed E-state index contributed by atoms with van der Waals surface area (Å²) in [6.45, 7) is 3.63. The van der Waals surface area contributed by atoms with Crippen LogP contribution in [-0.2, 0) is 6.42 Å². The molecule has 2 aromatic carbocycles. The van der Waals surface area contributed by atoms with Gasteiger partial charge in [-0.3, -0.25) is 14.6 Å². The van der Waals surface area contributed by atoms with Crippen LogP contribution in [0.1, 0.15) is 63.6 Å². The minimum Gasteiger partial charge on any atom is -0.371 e. The van der Waals surface area contributed by atoms with Crippen molar-refractivity contribution in [2.24, 2.45) is 5.41 Å². The van der Waals surface area contributed by atoms with E-state index in [0.29, 0.717) is 21.2 Å². The van der Waals surface area contributed by atoms with Crippen molar-refractivity contribution in [3.63, 3.8) is 0 Å². The highest BCUT2D eigenvalue weighted by molar-refractivity contribution is 6.35. The fourth-order valence-corrected chi connectivity index (χ4v) is 6.65. The van der Waals surface area contributed by atoms with Crippen LogP contribution in [0.2, 0.25) is 10.0 Å². The number of aromatic nitrogens is 1. The number of nitrogens with zero attached hydrogens (tertiary/aromatic N) is 3. The summed E-state index contributed by atoms with van der Waals surface area (Å²) in [5, 5.41) is 3.93. The first kappa shape index (κ1) is 25.2. The number of anilines is 1. The van der Waals surface area contributed by atoms with Crippen molar-refractivity contribution in [2.75, 3.05) is 31.1 Å². The third-order valence-corrected chi connectivity index (χ3v) is 9.09. The first-order valence-corrected chi connectivity index (χ1v) is 14.0. The van der Waals surface area contributed by atoms with Crippen LogP contribution in [0.5, 0.6) is 0 Å². The monoisotopic (exact) mass is 548 g/mol. The van der Waals surface area contributed by atoms with Gasteiger partial charge in [-0.25, -0.2) is 0 Å². The molecule has 2 amide bonds. The van der Waals surface area contributed by atoms with Gasteiger partial charge in [0.25, 0.3) is 11.8 Å². The molecule has 6 rings (SSSR count). The number of piperidine rings is 1. The van der Waals surface area contributed by atoms with Gasteiger partial charge >= 0.3 is 0 Å². The van der Waals surface area contributed by atoms with Crippen molar-refractivity contribution in [1.82, 2.24) is 15.2 Å². The van der Waals surface area contributed by atoms with Crippen molar-refractivity contribution >= 4 is 40.7 Å². The van der Waals surface area contributed by atoms with Crippen LogP contribution in [0.3, 0.4) is 0 Å². The largest absolute Gasteiger partial charge is 0.371 e. The van der Waals surface area contributed by atoms with Crippen LogP contribution in [0, 0.1) is 5.41 Å². The number of carbonyl (C=O) groups is 2. The van der Waals surface area contributed by atoms with Gasteiger partial charge in [0.05, 0.1) is 16.6 Å². The normalized spacial score (nSPS) is 20.0. The molecule has 0 saturated carbocycles. The molecule has 1 spiro atoms.